The van der Waals surface area contributed by atoms with Crippen LogP contribution in [0.1, 0.15) is 24.8 Å². The van der Waals surface area contributed by atoms with Crippen LogP contribution in [0.3, 0.4) is 0 Å². The second-order valence-electron chi connectivity index (χ2n) is 5.40. The molecule has 1 heterocycles. The Hall–Kier alpha value is -1.15. The van der Waals surface area contributed by atoms with Crippen LogP contribution in [-0.2, 0) is 11.3 Å². The smallest absolute Gasteiger partial charge is 0.137 e. The third-order valence-electron chi connectivity index (χ3n) is 4.18. The van der Waals surface area contributed by atoms with Gasteiger partial charge in [-0.15, -0.1) is 0 Å². The van der Waals surface area contributed by atoms with E-state index in [1.807, 2.05) is 0 Å². The molecule has 1 aliphatic heterocycles. The summed E-state index contributed by atoms with van der Waals surface area (Å²) < 4.78 is 0. The van der Waals surface area contributed by atoms with Gasteiger partial charge in [-0.1, -0.05) is 30.3 Å². The molecule has 1 saturated heterocycles. The lowest BCUT2D eigenvalue weighted by atomic mass is 9.81. The fourth-order valence-electron chi connectivity index (χ4n) is 3.31. The second kappa shape index (κ2) is 4.61. The highest BCUT2D eigenvalue weighted by molar-refractivity contribution is 5.82. The average Bonchev–Trinajstić information content (AvgIpc) is 2.74. The summed E-state index contributed by atoms with van der Waals surface area (Å²) in [5.74, 6) is 1.49. The largest absolute Gasteiger partial charge is 0.299 e. The molecule has 0 unspecified atom stereocenters. The Morgan fingerprint density at radius 3 is 2.76 bits per heavy atom. The van der Waals surface area contributed by atoms with Crippen LogP contribution in [0, 0.1) is 11.8 Å². The van der Waals surface area contributed by atoms with Crippen LogP contribution < -0.4 is 0 Å². The Balaban J connectivity index is 1.66. The van der Waals surface area contributed by atoms with Gasteiger partial charge in [-0.3, -0.25) is 9.69 Å². The van der Waals surface area contributed by atoms with E-state index in [4.69, 9.17) is 0 Å². The van der Waals surface area contributed by atoms with Crippen molar-refractivity contribution >= 4 is 5.78 Å². The van der Waals surface area contributed by atoms with Crippen LogP contribution in [0.5, 0.6) is 0 Å². The van der Waals surface area contributed by atoms with Crippen molar-refractivity contribution in [2.24, 2.45) is 11.8 Å². The molecular weight excluding hydrogens is 210 g/mol. The molecule has 1 saturated carbocycles. The van der Waals surface area contributed by atoms with Gasteiger partial charge in [0.1, 0.15) is 5.78 Å². The summed E-state index contributed by atoms with van der Waals surface area (Å²) >= 11 is 0. The lowest BCUT2D eigenvalue weighted by Gasteiger charge is -2.21. The molecule has 2 nitrogen and oxygen atoms in total. The van der Waals surface area contributed by atoms with E-state index in [-0.39, 0.29) is 0 Å². The quantitative estimate of drug-likeness (QED) is 0.776. The molecule has 0 radical (unpaired) electrons. The first-order chi connectivity index (χ1) is 8.33. The predicted octanol–water partition coefficient (Wildman–Crippen LogP) is 2.49. The van der Waals surface area contributed by atoms with E-state index in [0.717, 1.165) is 32.5 Å². The van der Waals surface area contributed by atoms with Gasteiger partial charge >= 0.3 is 0 Å². The van der Waals surface area contributed by atoms with Gasteiger partial charge in [0, 0.05) is 32.0 Å². The highest BCUT2D eigenvalue weighted by Crippen LogP contribution is 2.34. The summed E-state index contributed by atoms with van der Waals surface area (Å²) in [6.45, 7) is 3.10. The number of hydrogen-bond donors (Lipinski definition) is 0. The van der Waals surface area contributed by atoms with E-state index in [2.05, 4.69) is 35.2 Å². The van der Waals surface area contributed by atoms with Gasteiger partial charge < -0.3 is 0 Å². The topological polar surface area (TPSA) is 20.3 Å². The minimum atomic E-state index is 0.340. The van der Waals surface area contributed by atoms with Crippen LogP contribution >= 0.6 is 0 Å². The second-order valence-corrected chi connectivity index (χ2v) is 5.40. The van der Waals surface area contributed by atoms with Crippen molar-refractivity contribution < 1.29 is 4.79 Å². The molecule has 2 aliphatic rings. The van der Waals surface area contributed by atoms with Gasteiger partial charge in [-0.25, -0.2) is 0 Å². The molecule has 1 aromatic rings. The number of Topliss-reactive ketones (excluding diaryl/α,β-unsaturated/α-hetero) is 1. The molecule has 0 amide bonds. The van der Waals surface area contributed by atoms with E-state index in [0.29, 0.717) is 17.6 Å². The summed E-state index contributed by atoms with van der Waals surface area (Å²) in [6.07, 6.45) is 3.18. The molecule has 3 rings (SSSR count). The van der Waals surface area contributed by atoms with Crippen molar-refractivity contribution in [1.82, 2.24) is 4.90 Å². The van der Waals surface area contributed by atoms with E-state index >= 15 is 0 Å². The summed E-state index contributed by atoms with van der Waals surface area (Å²) in [5.41, 5.74) is 1.36. The molecule has 2 heteroatoms. The van der Waals surface area contributed by atoms with Gasteiger partial charge in [-0.2, -0.15) is 0 Å². The zero-order valence-electron chi connectivity index (χ0n) is 10.1. The number of ketones is 1. The number of carbonyl (C=O) groups excluding carboxylic acids is 1. The van der Waals surface area contributed by atoms with Gasteiger partial charge in [0.05, 0.1) is 0 Å². The molecule has 2 fully saturated rings. The average molecular weight is 229 g/mol. The molecule has 0 aromatic heterocycles. The Labute approximate surface area is 103 Å². The van der Waals surface area contributed by atoms with Crippen LogP contribution in [0.15, 0.2) is 30.3 Å². The van der Waals surface area contributed by atoms with Crippen molar-refractivity contribution in [3.05, 3.63) is 35.9 Å². The predicted molar refractivity (Wildman–Crippen MR) is 67.6 cm³/mol. The number of hydrogen-bond acceptors (Lipinski definition) is 2. The van der Waals surface area contributed by atoms with E-state index < -0.39 is 0 Å². The zero-order chi connectivity index (χ0) is 11.7. The van der Waals surface area contributed by atoms with Crippen LogP contribution in [-0.4, -0.2) is 23.8 Å². The van der Waals surface area contributed by atoms with Crippen LogP contribution in [0.4, 0.5) is 0 Å². The molecule has 17 heavy (non-hydrogen) atoms. The third-order valence-corrected chi connectivity index (χ3v) is 4.18. The lowest BCUT2D eigenvalue weighted by Crippen LogP contribution is -2.27. The monoisotopic (exact) mass is 229 g/mol. The van der Waals surface area contributed by atoms with Crippen molar-refractivity contribution in [2.75, 3.05) is 13.1 Å². The Morgan fingerprint density at radius 2 is 2.00 bits per heavy atom. The fraction of sp³-hybridized carbons (Fsp3) is 0.533. The van der Waals surface area contributed by atoms with E-state index in [9.17, 15) is 4.79 Å². The van der Waals surface area contributed by atoms with Crippen molar-refractivity contribution in [2.45, 2.75) is 25.8 Å². The maximum atomic E-state index is 11.8. The number of fused-ring (bicyclic) bond motifs is 1. The zero-order valence-corrected chi connectivity index (χ0v) is 10.1. The van der Waals surface area contributed by atoms with Gasteiger partial charge in [-0.05, 0) is 24.3 Å². The minimum absolute atomic E-state index is 0.340. The van der Waals surface area contributed by atoms with Crippen molar-refractivity contribution in [3.63, 3.8) is 0 Å². The maximum Gasteiger partial charge on any atom is 0.137 e. The molecule has 0 bridgehead atoms. The number of nitrogens with zero attached hydrogens (tertiary/aromatic N) is 1. The van der Waals surface area contributed by atoms with Crippen molar-refractivity contribution in [3.8, 4) is 0 Å². The summed E-state index contributed by atoms with van der Waals surface area (Å²) in [5, 5.41) is 0. The molecule has 0 N–H and O–H groups in total. The maximum absolute atomic E-state index is 11.8. The van der Waals surface area contributed by atoms with E-state index in [1.165, 1.54) is 12.0 Å². The standard InChI is InChI=1S/C15H19NO/c17-15-8-4-7-13-10-16(11-14(13)15)9-12-5-2-1-3-6-12/h1-3,5-6,13-14H,4,7-11H2/t13-,14+/m1/s1. The Morgan fingerprint density at radius 1 is 1.18 bits per heavy atom. The normalized spacial score (nSPS) is 29.3. The first kappa shape index (κ1) is 11.0. The van der Waals surface area contributed by atoms with Gasteiger partial charge in [0.15, 0.2) is 0 Å². The fourth-order valence-corrected chi connectivity index (χ4v) is 3.31. The summed E-state index contributed by atoms with van der Waals surface area (Å²) in [6, 6.07) is 10.6. The number of likely N-dealkylation sites (tertiary alicyclic amines) is 1. The molecule has 2 atom stereocenters. The number of carbonyl (C=O) groups is 1. The molecule has 1 aliphatic carbocycles. The van der Waals surface area contributed by atoms with Crippen LogP contribution in [0.2, 0.25) is 0 Å². The minimum Gasteiger partial charge on any atom is -0.299 e. The first-order valence-corrected chi connectivity index (χ1v) is 6.62. The van der Waals surface area contributed by atoms with Gasteiger partial charge in [0.25, 0.3) is 0 Å². The Kier molecular flexibility index (Phi) is 2.98. The summed E-state index contributed by atoms with van der Waals surface area (Å²) in [4.78, 5) is 14.3. The number of benzene rings is 1. The molecular formula is C15H19NO. The highest BCUT2D eigenvalue weighted by atomic mass is 16.1. The van der Waals surface area contributed by atoms with Crippen molar-refractivity contribution in [1.29, 1.82) is 0 Å². The third kappa shape index (κ3) is 2.27. The SMILES string of the molecule is O=C1CCC[C@@H]2CN(Cc3ccccc3)C[C@H]12. The van der Waals surface area contributed by atoms with Crippen LogP contribution in [0.25, 0.3) is 0 Å². The first-order valence-electron chi connectivity index (χ1n) is 6.62. The molecule has 1 aromatic carbocycles. The number of rotatable bonds is 2. The molecule has 90 valence electrons. The van der Waals surface area contributed by atoms with Gasteiger partial charge in [0.2, 0.25) is 0 Å². The molecule has 0 spiro atoms. The lowest BCUT2D eigenvalue weighted by molar-refractivity contribution is -0.125. The highest BCUT2D eigenvalue weighted by Gasteiger charge is 2.38. The Bertz CT molecular complexity index is 401. The summed E-state index contributed by atoms with van der Waals surface area (Å²) in [7, 11) is 0. The van der Waals surface area contributed by atoms with E-state index in [1.54, 1.807) is 0 Å².